The summed E-state index contributed by atoms with van der Waals surface area (Å²) in [5, 5.41) is 31.4. The van der Waals surface area contributed by atoms with Crippen LogP contribution in [-0.2, 0) is 19.1 Å². The first-order chi connectivity index (χ1) is 9.90. The molecule has 0 saturated carbocycles. The molecule has 0 unspecified atom stereocenters. The fraction of sp³-hybridized carbons (Fsp3) is 0.846. The molecule has 1 rings (SSSR count). The van der Waals surface area contributed by atoms with E-state index in [-0.39, 0.29) is 6.42 Å². The molecule has 0 aromatic carbocycles. The van der Waals surface area contributed by atoms with Gasteiger partial charge in [-0.1, -0.05) is 13.3 Å². The van der Waals surface area contributed by atoms with Crippen LogP contribution in [0.15, 0.2) is 0 Å². The number of ether oxygens (including phenoxy) is 2. The SMILES string of the molecule is CCCCC(=O)O[C@@H]1[C@H](O)[C@H](CO)O[C@H](O)[C@H]1NC(C)=O. The quantitative estimate of drug-likeness (QED) is 0.448. The van der Waals surface area contributed by atoms with Crippen molar-refractivity contribution in [3.8, 4) is 0 Å². The molecular formula is C13H23NO7. The lowest BCUT2D eigenvalue weighted by molar-refractivity contribution is -0.258. The minimum Gasteiger partial charge on any atom is -0.457 e. The zero-order valence-electron chi connectivity index (χ0n) is 12.2. The van der Waals surface area contributed by atoms with Crippen molar-refractivity contribution < 1.29 is 34.4 Å². The zero-order chi connectivity index (χ0) is 16.0. The van der Waals surface area contributed by atoms with Crippen LogP contribution in [0, 0.1) is 0 Å². The summed E-state index contributed by atoms with van der Waals surface area (Å²) in [6, 6.07) is -1.09. The van der Waals surface area contributed by atoms with Gasteiger partial charge in [-0.2, -0.15) is 0 Å². The highest BCUT2D eigenvalue weighted by Gasteiger charge is 2.47. The molecule has 122 valence electrons. The number of aliphatic hydroxyl groups excluding tert-OH is 3. The van der Waals surface area contributed by atoms with Crippen LogP contribution in [-0.4, -0.2) is 64.4 Å². The van der Waals surface area contributed by atoms with E-state index >= 15 is 0 Å². The van der Waals surface area contributed by atoms with Gasteiger partial charge in [-0.25, -0.2) is 0 Å². The smallest absolute Gasteiger partial charge is 0.306 e. The number of aliphatic hydroxyl groups is 3. The Kier molecular flexibility index (Phi) is 7.03. The van der Waals surface area contributed by atoms with E-state index in [2.05, 4.69) is 5.32 Å². The Balaban J connectivity index is 2.82. The molecule has 1 fully saturated rings. The number of carbonyl (C=O) groups is 2. The number of amides is 1. The van der Waals surface area contributed by atoms with Gasteiger partial charge in [0.05, 0.1) is 6.61 Å². The van der Waals surface area contributed by atoms with Crippen LogP contribution in [0.5, 0.6) is 0 Å². The Morgan fingerprint density at radius 1 is 1.33 bits per heavy atom. The number of carbonyl (C=O) groups excluding carboxylic acids is 2. The van der Waals surface area contributed by atoms with Crippen LogP contribution in [0.4, 0.5) is 0 Å². The van der Waals surface area contributed by atoms with E-state index in [1.165, 1.54) is 6.92 Å². The topological polar surface area (TPSA) is 125 Å². The molecule has 1 aliphatic heterocycles. The van der Waals surface area contributed by atoms with Gasteiger partial charge in [0.1, 0.15) is 18.2 Å². The maximum Gasteiger partial charge on any atom is 0.306 e. The van der Waals surface area contributed by atoms with Crippen molar-refractivity contribution in [1.82, 2.24) is 5.32 Å². The molecule has 8 heteroatoms. The monoisotopic (exact) mass is 305 g/mol. The molecule has 1 aliphatic rings. The fourth-order valence-electron chi connectivity index (χ4n) is 2.14. The summed E-state index contributed by atoms with van der Waals surface area (Å²) < 4.78 is 10.2. The molecule has 8 nitrogen and oxygen atoms in total. The van der Waals surface area contributed by atoms with Gasteiger partial charge in [0, 0.05) is 13.3 Å². The second-order valence-corrected chi connectivity index (χ2v) is 5.02. The molecule has 5 atom stereocenters. The van der Waals surface area contributed by atoms with E-state index < -0.39 is 49.1 Å². The Bertz CT molecular complexity index is 362. The Hall–Kier alpha value is -1.22. The van der Waals surface area contributed by atoms with Crippen LogP contribution >= 0.6 is 0 Å². The lowest BCUT2D eigenvalue weighted by atomic mass is 9.96. The number of rotatable bonds is 6. The third kappa shape index (κ3) is 4.92. The van der Waals surface area contributed by atoms with Gasteiger partial charge in [0.2, 0.25) is 5.91 Å². The molecule has 1 amide bonds. The Labute approximate surface area is 123 Å². The summed E-state index contributed by atoms with van der Waals surface area (Å²) in [7, 11) is 0. The van der Waals surface area contributed by atoms with Gasteiger partial charge >= 0.3 is 5.97 Å². The van der Waals surface area contributed by atoms with Crippen molar-refractivity contribution >= 4 is 11.9 Å². The Morgan fingerprint density at radius 2 is 2.00 bits per heavy atom. The van der Waals surface area contributed by atoms with E-state index in [0.717, 1.165) is 6.42 Å². The molecule has 0 radical (unpaired) electrons. The standard InChI is InChI=1S/C13H23NO7/c1-3-4-5-9(17)21-12-10(14-7(2)16)13(19)20-8(6-15)11(12)18/h8,10-13,15,18-19H,3-6H2,1-2H3,(H,14,16)/t8-,10-,11+,12-,13-/m0/s1. The third-order valence-electron chi connectivity index (χ3n) is 3.24. The van der Waals surface area contributed by atoms with Crippen LogP contribution < -0.4 is 5.32 Å². The largest absolute Gasteiger partial charge is 0.457 e. The molecule has 1 saturated heterocycles. The van der Waals surface area contributed by atoms with E-state index in [4.69, 9.17) is 14.6 Å². The summed E-state index contributed by atoms with van der Waals surface area (Å²) >= 11 is 0. The first kappa shape index (κ1) is 17.8. The van der Waals surface area contributed by atoms with Crippen LogP contribution in [0.1, 0.15) is 33.1 Å². The molecule has 21 heavy (non-hydrogen) atoms. The van der Waals surface area contributed by atoms with Gasteiger partial charge in [0.25, 0.3) is 0 Å². The molecule has 0 bridgehead atoms. The summed E-state index contributed by atoms with van der Waals surface area (Å²) in [4.78, 5) is 22.9. The average molecular weight is 305 g/mol. The van der Waals surface area contributed by atoms with E-state index in [1.807, 2.05) is 6.92 Å². The van der Waals surface area contributed by atoms with Crippen LogP contribution in [0.3, 0.4) is 0 Å². The van der Waals surface area contributed by atoms with Crippen LogP contribution in [0.25, 0.3) is 0 Å². The number of nitrogens with one attached hydrogen (secondary N) is 1. The lowest BCUT2D eigenvalue weighted by Gasteiger charge is -2.41. The molecule has 1 heterocycles. The van der Waals surface area contributed by atoms with Crippen molar-refractivity contribution in [3.05, 3.63) is 0 Å². The minimum atomic E-state index is -1.49. The highest BCUT2D eigenvalue weighted by Crippen LogP contribution is 2.23. The highest BCUT2D eigenvalue weighted by atomic mass is 16.6. The Morgan fingerprint density at radius 3 is 2.52 bits per heavy atom. The number of unbranched alkanes of at least 4 members (excludes halogenated alkanes) is 1. The van der Waals surface area contributed by atoms with E-state index in [0.29, 0.717) is 6.42 Å². The maximum atomic E-state index is 11.7. The van der Waals surface area contributed by atoms with E-state index in [1.54, 1.807) is 0 Å². The predicted octanol–water partition coefficient (Wildman–Crippen LogP) is -1.34. The first-order valence-electron chi connectivity index (χ1n) is 6.99. The van der Waals surface area contributed by atoms with Crippen molar-refractivity contribution in [3.63, 3.8) is 0 Å². The molecule has 0 aliphatic carbocycles. The second-order valence-electron chi connectivity index (χ2n) is 5.02. The molecule has 0 spiro atoms. The maximum absolute atomic E-state index is 11.7. The van der Waals surface area contributed by atoms with Gasteiger partial charge in [0.15, 0.2) is 12.4 Å². The average Bonchev–Trinajstić information content (AvgIpc) is 2.43. The van der Waals surface area contributed by atoms with Crippen molar-refractivity contribution in [2.45, 2.75) is 63.8 Å². The third-order valence-corrected chi connectivity index (χ3v) is 3.24. The second kappa shape index (κ2) is 8.28. The van der Waals surface area contributed by atoms with Crippen molar-refractivity contribution in [1.29, 1.82) is 0 Å². The lowest BCUT2D eigenvalue weighted by Crippen LogP contribution is -2.65. The predicted molar refractivity (Wildman–Crippen MR) is 71.0 cm³/mol. The van der Waals surface area contributed by atoms with Gasteiger partial charge < -0.3 is 30.1 Å². The number of hydrogen-bond acceptors (Lipinski definition) is 7. The summed E-state index contributed by atoms with van der Waals surface area (Å²) in [6.45, 7) is 2.60. The summed E-state index contributed by atoms with van der Waals surface area (Å²) in [5.41, 5.74) is 0. The molecular weight excluding hydrogens is 282 g/mol. The molecule has 4 N–H and O–H groups in total. The normalized spacial score (nSPS) is 32.5. The molecule has 0 aromatic heterocycles. The van der Waals surface area contributed by atoms with Crippen molar-refractivity contribution in [2.75, 3.05) is 6.61 Å². The van der Waals surface area contributed by atoms with E-state index in [9.17, 15) is 19.8 Å². The first-order valence-corrected chi connectivity index (χ1v) is 6.99. The van der Waals surface area contributed by atoms with Gasteiger partial charge in [-0.05, 0) is 6.42 Å². The number of hydrogen-bond donors (Lipinski definition) is 4. The number of esters is 1. The van der Waals surface area contributed by atoms with Crippen molar-refractivity contribution in [2.24, 2.45) is 0 Å². The fourth-order valence-corrected chi connectivity index (χ4v) is 2.14. The van der Waals surface area contributed by atoms with Gasteiger partial charge in [-0.3, -0.25) is 9.59 Å². The summed E-state index contributed by atoms with van der Waals surface area (Å²) in [6.07, 6.45) is -3.49. The zero-order valence-corrected chi connectivity index (χ0v) is 12.2. The summed E-state index contributed by atoms with van der Waals surface area (Å²) in [5.74, 6) is -1.01. The highest BCUT2D eigenvalue weighted by molar-refractivity contribution is 5.73. The minimum absolute atomic E-state index is 0.174. The van der Waals surface area contributed by atoms with Crippen LogP contribution in [0.2, 0.25) is 0 Å². The van der Waals surface area contributed by atoms with Gasteiger partial charge in [-0.15, -0.1) is 0 Å². The molecule has 0 aromatic rings.